The van der Waals surface area contributed by atoms with Gasteiger partial charge in [0.25, 0.3) is 0 Å². The molecule has 0 spiro atoms. The molecular weight excluding hydrogens is 238 g/mol. The summed E-state index contributed by atoms with van der Waals surface area (Å²) in [5.41, 5.74) is 3.27. The molecule has 2 rings (SSSR count). The van der Waals surface area contributed by atoms with Gasteiger partial charge < -0.3 is 5.32 Å². The number of hydrogen-bond donors (Lipinski definition) is 1. The fourth-order valence-corrected chi connectivity index (χ4v) is 2.59. The van der Waals surface area contributed by atoms with Crippen LogP contribution in [0.3, 0.4) is 0 Å². The van der Waals surface area contributed by atoms with Crippen molar-refractivity contribution in [2.24, 2.45) is 5.41 Å². The molecule has 0 unspecified atom stereocenters. The van der Waals surface area contributed by atoms with Crippen molar-refractivity contribution in [1.29, 1.82) is 0 Å². The van der Waals surface area contributed by atoms with Gasteiger partial charge in [-0.1, -0.05) is 41.9 Å². The van der Waals surface area contributed by atoms with Gasteiger partial charge in [-0.3, -0.25) is 0 Å². The fraction of sp³-hybridized carbons (Fsp3) is 0.500. The fourth-order valence-electron chi connectivity index (χ4n) is 2.04. The molecule has 0 fully saturated rings. The second kappa shape index (κ2) is 3.67. The zero-order valence-corrected chi connectivity index (χ0v) is 10.3. The first kappa shape index (κ1) is 10.2. The molecule has 1 aliphatic rings. The van der Waals surface area contributed by atoms with Crippen LogP contribution in [0.15, 0.2) is 22.7 Å². The van der Waals surface area contributed by atoms with Crippen LogP contribution in [0.4, 0.5) is 0 Å². The molecule has 1 aliphatic heterocycles. The molecule has 0 radical (unpaired) electrons. The maximum atomic E-state index is 3.64. The Morgan fingerprint density at radius 3 is 2.93 bits per heavy atom. The van der Waals surface area contributed by atoms with E-state index in [9.17, 15) is 0 Å². The molecule has 76 valence electrons. The zero-order chi connectivity index (χ0) is 10.2. The average molecular weight is 254 g/mol. The van der Waals surface area contributed by atoms with Crippen LogP contribution in [-0.4, -0.2) is 6.54 Å². The molecule has 1 aromatic rings. The first-order chi connectivity index (χ1) is 6.58. The van der Waals surface area contributed by atoms with E-state index in [1.165, 1.54) is 15.6 Å². The van der Waals surface area contributed by atoms with Gasteiger partial charge in [0.15, 0.2) is 0 Å². The van der Waals surface area contributed by atoms with E-state index in [0.717, 1.165) is 19.5 Å². The molecule has 2 heteroatoms. The number of rotatable bonds is 0. The van der Waals surface area contributed by atoms with E-state index in [0.29, 0.717) is 5.41 Å². The Hall–Kier alpha value is -0.340. The van der Waals surface area contributed by atoms with Crippen LogP contribution in [0.2, 0.25) is 0 Å². The molecule has 14 heavy (non-hydrogen) atoms. The largest absolute Gasteiger partial charge is 0.312 e. The third-order valence-corrected chi connectivity index (χ3v) is 3.53. The molecule has 1 nitrogen and oxygen atoms in total. The van der Waals surface area contributed by atoms with Gasteiger partial charge >= 0.3 is 0 Å². The van der Waals surface area contributed by atoms with Crippen LogP contribution in [0, 0.1) is 5.41 Å². The Morgan fingerprint density at radius 2 is 2.14 bits per heavy atom. The van der Waals surface area contributed by atoms with E-state index < -0.39 is 0 Å². The molecule has 1 aromatic carbocycles. The van der Waals surface area contributed by atoms with Crippen LogP contribution < -0.4 is 5.32 Å². The molecule has 0 aromatic heterocycles. The van der Waals surface area contributed by atoms with E-state index in [1.54, 1.807) is 0 Å². The predicted octanol–water partition coefficient (Wildman–Crippen LogP) is 3.12. The Balaban J connectivity index is 2.43. The minimum atomic E-state index is 0.356. The highest BCUT2D eigenvalue weighted by Gasteiger charge is 2.23. The van der Waals surface area contributed by atoms with Gasteiger partial charge in [-0.25, -0.2) is 0 Å². The molecule has 0 bridgehead atoms. The third-order valence-electron chi connectivity index (χ3n) is 2.79. The van der Waals surface area contributed by atoms with Gasteiger partial charge in [0.1, 0.15) is 0 Å². The molecule has 0 amide bonds. The minimum absolute atomic E-state index is 0.356. The summed E-state index contributed by atoms with van der Waals surface area (Å²) in [6, 6.07) is 6.47. The summed E-state index contributed by atoms with van der Waals surface area (Å²) in [7, 11) is 0. The van der Waals surface area contributed by atoms with Crippen molar-refractivity contribution in [2.75, 3.05) is 6.54 Å². The van der Waals surface area contributed by atoms with Crippen LogP contribution >= 0.6 is 15.9 Å². The number of halogens is 1. The summed E-state index contributed by atoms with van der Waals surface area (Å²) in [6.45, 7) is 6.72. The molecule has 0 aliphatic carbocycles. The molecule has 1 N–H and O–H groups in total. The standard InChI is InChI=1S/C12H16BrN/c1-12(2)6-10-9(7-14-8-12)4-3-5-11(10)13/h3-5,14H,6-8H2,1-2H3. The lowest BCUT2D eigenvalue weighted by Crippen LogP contribution is -2.27. The highest BCUT2D eigenvalue weighted by atomic mass is 79.9. The number of fused-ring (bicyclic) bond motifs is 1. The van der Waals surface area contributed by atoms with Crippen LogP contribution in [0.25, 0.3) is 0 Å². The smallest absolute Gasteiger partial charge is 0.0210 e. The Kier molecular flexibility index (Phi) is 2.67. The summed E-state index contributed by atoms with van der Waals surface area (Å²) in [5.74, 6) is 0. The van der Waals surface area contributed by atoms with Crippen LogP contribution in [-0.2, 0) is 13.0 Å². The van der Waals surface area contributed by atoms with Crippen molar-refractivity contribution in [3.05, 3.63) is 33.8 Å². The molecule has 0 atom stereocenters. The lowest BCUT2D eigenvalue weighted by Gasteiger charge is -2.22. The first-order valence-electron chi connectivity index (χ1n) is 5.05. The maximum absolute atomic E-state index is 3.64. The molecular formula is C12H16BrN. The third kappa shape index (κ3) is 2.01. The maximum Gasteiger partial charge on any atom is 0.0210 e. The lowest BCUT2D eigenvalue weighted by atomic mass is 9.85. The second-order valence-corrected chi connectivity index (χ2v) is 5.68. The molecule has 1 heterocycles. The van der Waals surface area contributed by atoms with Gasteiger partial charge in [-0.05, 0) is 29.0 Å². The number of nitrogens with one attached hydrogen (secondary N) is 1. The summed E-state index contributed by atoms with van der Waals surface area (Å²) in [4.78, 5) is 0. The summed E-state index contributed by atoms with van der Waals surface area (Å²) in [6.07, 6.45) is 1.15. The summed E-state index contributed by atoms with van der Waals surface area (Å²) in [5, 5.41) is 3.50. The van der Waals surface area contributed by atoms with Gasteiger partial charge in [-0.15, -0.1) is 0 Å². The van der Waals surface area contributed by atoms with Gasteiger partial charge in [-0.2, -0.15) is 0 Å². The van der Waals surface area contributed by atoms with Gasteiger partial charge in [0.2, 0.25) is 0 Å². The SMILES string of the molecule is CC1(C)CNCc2cccc(Br)c2C1. The average Bonchev–Trinajstić information content (AvgIpc) is 2.24. The van der Waals surface area contributed by atoms with E-state index in [4.69, 9.17) is 0 Å². The van der Waals surface area contributed by atoms with Crippen LogP contribution in [0.5, 0.6) is 0 Å². The Labute approximate surface area is 94.0 Å². The minimum Gasteiger partial charge on any atom is -0.312 e. The lowest BCUT2D eigenvalue weighted by molar-refractivity contribution is 0.349. The van der Waals surface area contributed by atoms with Crippen molar-refractivity contribution < 1.29 is 0 Å². The quantitative estimate of drug-likeness (QED) is 0.750. The van der Waals surface area contributed by atoms with E-state index in [-0.39, 0.29) is 0 Å². The monoisotopic (exact) mass is 253 g/mol. The number of hydrogen-bond acceptors (Lipinski definition) is 1. The van der Waals surface area contributed by atoms with Crippen LogP contribution in [0.1, 0.15) is 25.0 Å². The normalized spacial score (nSPS) is 19.9. The van der Waals surface area contributed by atoms with E-state index >= 15 is 0 Å². The van der Waals surface area contributed by atoms with E-state index in [1.807, 2.05) is 0 Å². The first-order valence-corrected chi connectivity index (χ1v) is 5.85. The van der Waals surface area contributed by atoms with Crippen molar-refractivity contribution >= 4 is 15.9 Å². The van der Waals surface area contributed by atoms with Crippen molar-refractivity contribution in [1.82, 2.24) is 5.32 Å². The Bertz CT molecular complexity index is 344. The number of benzene rings is 1. The van der Waals surface area contributed by atoms with Crippen molar-refractivity contribution in [2.45, 2.75) is 26.8 Å². The summed E-state index contributed by atoms with van der Waals surface area (Å²) < 4.78 is 1.26. The zero-order valence-electron chi connectivity index (χ0n) is 8.73. The van der Waals surface area contributed by atoms with Gasteiger partial charge in [0.05, 0.1) is 0 Å². The highest BCUT2D eigenvalue weighted by molar-refractivity contribution is 9.10. The van der Waals surface area contributed by atoms with Gasteiger partial charge in [0, 0.05) is 17.6 Å². The summed E-state index contributed by atoms with van der Waals surface area (Å²) >= 11 is 3.64. The predicted molar refractivity (Wildman–Crippen MR) is 63.3 cm³/mol. The Morgan fingerprint density at radius 1 is 1.36 bits per heavy atom. The molecule has 0 saturated carbocycles. The highest BCUT2D eigenvalue weighted by Crippen LogP contribution is 2.30. The molecule has 0 saturated heterocycles. The van der Waals surface area contributed by atoms with E-state index in [2.05, 4.69) is 53.3 Å². The van der Waals surface area contributed by atoms with Crippen molar-refractivity contribution in [3.63, 3.8) is 0 Å². The topological polar surface area (TPSA) is 12.0 Å². The van der Waals surface area contributed by atoms with Crippen molar-refractivity contribution in [3.8, 4) is 0 Å². The second-order valence-electron chi connectivity index (χ2n) is 4.82.